The van der Waals surface area contributed by atoms with Crippen molar-refractivity contribution in [3.63, 3.8) is 0 Å². The lowest BCUT2D eigenvalue weighted by molar-refractivity contribution is 0.109. The summed E-state index contributed by atoms with van der Waals surface area (Å²) >= 11 is 1.72. The molecule has 1 aliphatic rings. The highest BCUT2D eigenvalue weighted by Gasteiger charge is 2.22. The van der Waals surface area contributed by atoms with Gasteiger partial charge in [0.1, 0.15) is 0 Å². The van der Waals surface area contributed by atoms with Crippen LogP contribution in [0.5, 0.6) is 0 Å². The molecule has 1 unspecified atom stereocenters. The Labute approximate surface area is 95.3 Å². The summed E-state index contributed by atoms with van der Waals surface area (Å²) in [4.78, 5) is 0. The Hall–Kier alpha value is -0.380. The van der Waals surface area contributed by atoms with E-state index in [0.717, 1.165) is 13.1 Å². The van der Waals surface area contributed by atoms with Gasteiger partial charge in [-0.1, -0.05) is 12.8 Å². The van der Waals surface area contributed by atoms with Crippen molar-refractivity contribution < 1.29 is 5.11 Å². The Morgan fingerprint density at radius 1 is 1.47 bits per heavy atom. The zero-order valence-corrected chi connectivity index (χ0v) is 9.80. The van der Waals surface area contributed by atoms with E-state index in [9.17, 15) is 5.11 Å². The van der Waals surface area contributed by atoms with Crippen LogP contribution < -0.4 is 5.32 Å². The van der Waals surface area contributed by atoms with E-state index in [1.54, 1.807) is 11.3 Å². The fourth-order valence-electron chi connectivity index (χ4n) is 2.27. The van der Waals surface area contributed by atoms with Crippen LogP contribution in [0.25, 0.3) is 0 Å². The largest absolute Gasteiger partial charge is 0.392 e. The third kappa shape index (κ3) is 3.30. The molecular weight excluding hydrogens is 206 g/mol. The highest BCUT2D eigenvalue weighted by Crippen LogP contribution is 2.27. The Balaban J connectivity index is 1.64. The first-order chi connectivity index (χ1) is 7.36. The minimum Gasteiger partial charge on any atom is -0.392 e. The zero-order chi connectivity index (χ0) is 10.5. The van der Waals surface area contributed by atoms with Gasteiger partial charge in [-0.3, -0.25) is 0 Å². The minimum absolute atomic E-state index is 0.147. The lowest BCUT2D eigenvalue weighted by atomic mass is 10.0. The molecule has 0 radical (unpaired) electrons. The number of nitrogens with one attached hydrogen (secondary N) is 1. The first kappa shape index (κ1) is 11.1. The van der Waals surface area contributed by atoms with Crippen LogP contribution in [0.2, 0.25) is 0 Å². The molecule has 0 saturated heterocycles. The molecule has 1 aromatic heterocycles. The van der Waals surface area contributed by atoms with Crippen molar-refractivity contribution in [2.24, 2.45) is 5.92 Å². The summed E-state index contributed by atoms with van der Waals surface area (Å²) in [7, 11) is 0. The van der Waals surface area contributed by atoms with Crippen molar-refractivity contribution in [3.8, 4) is 0 Å². The minimum atomic E-state index is -0.147. The van der Waals surface area contributed by atoms with Crippen molar-refractivity contribution in [1.82, 2.24) is 5.32 Å². The lowest BCUT2D eigenvalue weighted by Crippen LogP contribution is -2.31. The third-order valence-corrected chi connectivity index (χ3v) is 3.94. The van der Waals surface area contributed by atoms with Crippen LogP contribution in [0.15, 0.2) is 16.8 Å². The van der Waals surface area contributed by atoms with Crippen molar-refractivity contribution in [3.05, 3.63) is 22.4 Å². The van der Waals surface area contributed by atoms with Gasteiger partial charge in [-0.05, 0) is 41.1 Å². The number of rotatable bonds is 5. The summed E-state index contributed by atoms with van der Waals surface area (Å²) in [5.74, 6) is 0.542. The van der Waals surface area contributed by atoms with Gasteiger partial charge in [0.15, 0.2) is 0 Å². The number of hydrogen-bond donors (Lipinski definition) is 2. The molecule has 15 heavy (non-hydrogen) atoms. The van der Waals surface area contributed by atoms with Crippen LogP contribution in [0.4, 0.5) is 0 Å². The maximum atomic E-state index is 9.92. The molecule has 1 fully saturated rings. The normalized spacial score (nSPS) is 19.5. The second-order valence-corrected chi connectivity index (χ2v) is 5.15. The Morgan fingerprint density at radius 2 is 2.27 bits per heavy atom. The predicted molar refractivity (Wildman–Crippen MR) is 64.0 cm³/mol. The zero-order valence-electron chi connectivity index (χ0n) is 8.98. The van der Waals surface area contributed by atoms with Crippen LogP contribution in [0, 0.1) is 5.92 Å². The van der Waals surface area contributed by atoms with Gasteiger partial charge >= 0.3 is 0 Å². The molecule has 1 aliphatic carbocycles. The molecule has 0 spiro atoms. The molecule has 3 heteroatoms. The number of thiophene rings is 1. The Kier molecular flexibility index (Phi) is 4.18. The first-order valence-corrected chi connectivity index (χ1v) is 6.70. The van der Waals surface area contributed by atoms with E-state index >= 15 is 0 Å². The van der Waals surface area contributed by atoms with Crippen molar-refractivity contribution in [2.45, 2.75) is 38.3 Å². The smallest absolute Gasteiger partial charge is 0.0692 e. The molecule has 1 heterocycles. The molecule has 2 nitrogen and oxygen atoms in total. The summed E-state index contributed by atoms with van der Waals surface area (Å²) in [5.41, 5.74) is 1.32. The standard InChI is InChI=1S/C12H19NOS/c14-12(11-3-1-2-4-11)8-13-7-10-5-6-15-9-10/h5-6,9,11-14H,1-4,7-8H2. The highest BCUT2D eigenvalue weighted by atomic mass is 32.1. The molecule has 1 atom stereocenters. The van der Waals surface area contributed by atoms with Gasteiger partial charge in [0.05, 0.1) is 6.10 Å². The number of aliphatic hydroxyl groups is 1. The summed E-state index contributed by atoms with van der Waals surface area (Å²) in [5, 5.41) is 17.5. The first-order valence-electron chi connectivity index (χ1n) is 5.76. The van der Waals surface area contributed by atoms with E-state index < -0.39 is 0 Å². The van der Waals surface area contributed by atoms with E-state index in [-0.39, 0.29) is 6.10 Å². The highest BCUT2D eigenvalue weighted by molar-refractivity contribution is 7.07. The molecule has 1 aromatic rings. The van der Waals surface area contributed by atoms with Crippen LogP contribution >= 0.6 is 11.3 Å². The van der Waals surface area contributed by atoms with E-state index in [4.69, 9.17) is 0 Å². The van der Waals surface area contributed by atoms with E-state index in [1.165, 1.54) is 31.2 Å². The lowest BCUT2D eigenvalue weighted by Gasteiger charge is -2.17. The van der Waals surface area contributed by atoms with Gasteiger partial charge < -0.3 is 10.4 Å². The molecule has 1 saturated carbocycles. The monoisotopic (exact) mass is 225 g/mol. The fraction of sp³-hybridized carbons (Fsp3) is 0.667. The van der Waals surface area contributed by atoms with Crippen molar-refractivity contribution in [2.75, 3.05) is 6.54 Å². The Bertz CT molecular complexity index is 267. The summed E-state index contributed by atoms with van der Waals surface area (Å²) in [6.45, 7) is 1.62. The molecule has 2 rings (SSSR count). The second-order valence-electron chi connectivity index (χ2n) is 4.37. The molecule has 0 aliphatic heterocycles. The maximum absolute atomic E-state index is 9.92. The van der Waals surface area contributed by atoms with Crippen LogP contribution in [-0.4, -0.2) is 17.8 Å². The summed E-state index contributed by atoms with van der Waals surface area (Å²) in [6, 6.07) is 2.12. The average Bonchev–Trinajstić information content (AvgIpc) is 2.90. The van der Waals surface area contributed by atoms with Gasteiger partial charge in [0.2, 0.25) is 0 Å². The second kappa shape index (κ2) is 5.64. The maximum Gasteiger partial charge on any atom is 0.0692 e. The van der Waals surface area contributed by atoms with Gasteiger partial charge in [0, 0.05) is 13.1 Å². The Morgan fingerprint density at radius 3 is 2.93 bits per heavy atom. The quantitative estimate of drug-likeness (QED) is 0.806. The number of aliphatic hydroxyl groups excluding tert-OH is 1. The van der Waals surface area contributed by atoms with Gasteiger partial charge in [0.25, 0.3) is 0 Å². The van der Waals surface area contributed by atoms with Crippen LogP contribution in [0.1, 0.15) is 31.2 Å². The number of hydrogen-bond acceptors (Lipinski definition) is 3. The molecule has 0 bridgehead atoms. The summed E-state index contributed by atoms with van der Waals surface area (Å²) in [6.07, 6.45) is 4.87. The van der Waals surface area contributed by atoms with E-state index in [2.05, 4.69) is 22.1 Å². The summed E-state index contributed by atoms with van der Waals surface area (Å²) < 4.78 is 0. The molecular formula is C12H19NOS. The van der Waals surface area contributed by atoms with Crippen LogP contribution in [0.3, 0.4) is 0 Å². The van der Waals surface area contributed by atoms with Crippen molar-refractivity contribution >= 4 is 11.3 Å². The van der Waals surface area contributed by atoms with Gasteiger partial charge in [-0.2, -0.15) is 11.3 Å². The van der Waals surface area contributed by atoms with E-state index in [1.807, 2.05) is 0 Å². The van der Waals surface area contributed by atoms with Crippen molar-refractivity contribution in [1.29, 1.82) is 0 Å². The predicted octanol–water partition coefficient (Wildman–Crippen LogP) is 2.39. The van der Waals surface area contributed by atoms with Gasteiger partial charge in [-0.15, -0.1) is 0 Å². The molecule has 0 aromatic carbocycles. The SMILES string of the molecule is OC(CNCc1ccsc1)C1CCCC1. The van der Waals surface area contributed by atoms with Crippen LogP contribution in [-0.2, 0) is 6.54 Å². The fourth-order valence-corrected chi connectivity index (χ4v) is 2.94. The molecule has 84 valence electrons. The van der Waals surface area contributed by atoms with Gasteiger partial charge in [-0.25, -0.2) is 0 Å². The van der Waals surface area contributed by atoms with E-state index in [0.29, 0.717) is 5.92 Å². The third-order valence-electron chi connectivity index (χ3n) is 3.21. The molecule has 2 N–H and O–H groups in total. The topological polar surface area (TPSA) is 32.3 Å². The molecule has 0 amide bonds. The average molecular weight is 225 g/mol.